The highest BCUT2D eigenvalue weighted by Crippen LogP contribution is 2.32. The Morgan fingerprint density at radius 2 is 1.73 bits per heavy atom. The molecule has 0 saturated heterocycles. The van der Waals surface area contributed by atoms with Crippen LogP contribution in [0.3, 0.4) is 0 Å². The fourth-order valence-electron chi connectivity index (χ4n) is 2.30. The topological polar surface area (TPSA) is 67.5 Å². The van der Waals surface area contributed by atoms with Gasteiger partial charge in [0.15, 0.2) is 0 Å². The third kappa shape index (κ3) is 2.14. The van der Waals surface area contributed by atoms with Gasteiger partial charge in [-0.05, 0) is 29.8 Å². The van der Waals surface area contributed by atoms with E-state index < -0.39 is 29.0 Å². The molecule has 3 rings (SSSR count). The molecule has 0 bridgehead atoms. The minimum absolute atomic E-state index is 0.0793. The van der Waals surface area contributed by atoms with E-state index in [0.717, 1.165) is 18.2 Å². The molecule has 0 aliphatic carbocycles. The Bertz CT molecular complexity index is 943. The Balaban J connectivity index is 2.52. The lowest BCUT2D eigenvalue weighted by molar-refractivity contribution is 0.0659. The van der Waals surface area contributed by atoms with Crippen LogP contribution in [-0.2, 0) is 0 Å². The molecule has 3 aromatic rings. The molecule has 110 valence electrons. The molecule has 6 heteroatoms. The first kappa shape index (κ1) is 13.9. The van der Waals surface area contributed by atoms with E-state index in [4.69, 9.17) is 4.42 Å². The molecule has 0 radical (unpaired) electrons. The smallest absolute Gasteiger partial charge is 0.372 e. The lowest BCUT2D eigenvalue weighted by Crippen LogP contribution is -2.10. The van der Waals surface area contributed by atoms with Gasteiger partial charge in [-0.2, -0.15) is 0 Å². The summed E-state index contributed by atoms with van der Waals surface area (Å²) in [6.07, 6.45) is 0. The van der Waals surface area contributed by atoms with Crippen LogP contribution in [0.15, 0.2) is 51.7 Å². The van der Waals surface area contributed by atoms with Gasteiger partial charge in [0.2, 0.25) is 5.76 Å². The number of fused-ring (bicyclic) bond motifs is 1. The highest BCUT2D eigenvalue weighted by Gasteiger charge is 2.22. The molecule has 0 saturated carbocycles. The standard InChI is InChI=1S/C16H8F2O4/c17-9-6-4-8(5-7-9)12-13-10(2-1-3-11(13)18)16(21)22-14(12)15(19)20/h1-7H,(H,19,20). The molecule has 2 aromatic carbocycles. The van der Waals surface area contributed by atoms with Gasteiger partial charge in [0.05, 0.1) is 5.39 Å². The van der Waals surface area contributed by atoms with E-state index in [0.29, 0.717) is 0 Å². The molecule has 22 heavy (non-hydrogen) atoms. The summed E-state index contributed by atoms with van der Waals surface area (Å²) in [4.78, 5) is 23.2. The quantitative estimate of drug-likeness (QED) is 0.787. The van der Waals surface area contributed by atoms with Gasteiger partial charge >= 0.3 is 11.6 Å². The van der Waals surface area contributed by atoms with Gasteiger partial charge in [-0.25, -0.2) is 18.4 Å². The van der Waals surface area contributed by atoms with Gasteiger partial charge < -0.3 is 9.52 Å². The molecule has 0 fully saturated rings. The summed E-state index contributed by atoms with van der Waals surface area (Å²) in [7, 11) is 0. The SMILES string of the molecule is O=C(O)c1oc(=O)c2cccc(F)c2c1-c1ccc(F)cc1. The van der Waals surface area contributed by atoms with Gasteiger partial charge in [0.1, 0.15) is 11.6 Å². The maximum Gasteiger partial charge on any atom is 0.372 e. The number of halogens is 2. The van der Waals surface area contributed by atoms with Crippen molar-refractivity contribution in [2.24, 2.45) is 0 Å². The van der Waals surface area contributed by atoms with Gasteiger partial charge in [-0.3, -0.25) is 0 Å². The first-order chi connectivity index (χ1) is 10.5. The van der Waals surface area contributed by atoms with E-state index in [1.54, 1.807) is 0 Å². The number of carboxylic acid groups (broad SMARTS) is 1. The number of carboxylic acids is 1. The predicted octanol–water partition coefficient (Wildman–Crippen LogP) is 3.44. The zero-order valence-electron chi connectivity index (χ0n) is 11.0. The van der Waals surface area contributed by atoms with Crippen molar-refractivity contribution in [3.05, 3.63) is 70.3 Å². The zero-order valence-corrected chi connectivity index (χ0v) is 11.0. The van der Waals surface area contributed by atoms with E-state index in [1.165, 1.54) is 24.3 Å². The molecule has 0 unspecified atom stereocenters. The molecule has 0 spiro atoms. The molecule has 0 atom stereocenters. The highest BCUT2D eigenvalue weighted by atomic mass is 19.1. The van der Waals surface area contributed by atoms with Crippen molar-refractivity contribution in [3.63, 3.8) is 0 Å². The molecular formula is C16H8F2O4. The van der Waals surface area contributed by atoms with Gasteiger partial charge in [0, 0.05) is 10.9 Å². The van der Waals surface area contributed by atoms with E-state index >= 15 is 0 Å². The molecule has 0 aliphatic rings. The van der Waals surface area contributed by atoms with Gasteiger partial charge in [-0.1, -0.05) is 18.2 Å². The normalized spacial score (nSPS) is 10.8. The Hall–Kier alpha value is -3.02. The third-order valence-electron chi connectivity index (χ3n) is 3.23. The summed E-state index contributed by atoms with van der Waals surface area (Å²) in [5.74, 6) is -3.48. The second kappa shape index (κ2) is 5.07. The third-order valence-corrected chi connectivity index (χ3v) is 3.23. The molecule has 1 aromatic heterocycles. The van der Waals surface area contributed by atoms with Crippen LogP contribution in [0.2, 0.25) is 0 Å². The van der Waals surface area contributed by atoms with Crippen molar-refractivity contribution in [1.82, 2.24) is 0 Å². The lowest BCUT2D eigenvalue weighted by atomic mass is 9.98. The largest absolute Gasteiger partial charge is 0.475 e. The number of hydrogen-bond donors (Lipinski definition) is 1. The van der Waals surface area contributed by atoms with Crippen molar-refractivity contribution >= 4 is 16.7 Å². The average Bonchev–Trinajstić information content (AvgIpc) is 2.49. The van der Waals surface area contributed by atoms with Crippen molar-refractivity contribution < 1.29 is 23.1 Å². The van der Waals surface area contributed by atoms with Crippen molar-refractivity contribution in [1.29, 1.82) is 0 Å². The summed E-state index contributed by atoms with van der Waals surface area (Å²) in [6, 6.07) is 8.58. The van der Waals surface area contributed by atoms with E-state index in [2.05, 4.69) is 0 Å². The van der Waals surface area contributed by atoms with Crippen LogP contribution >= 0.6 is 0 Å². The summed E-state index contributed by atoms with van der Waals surface area (Å²) in [6.45, 7) is 0. The predicted molar refractivity (Wildman–Crippen MR) is 74.8 cm³/mol. The van der Waals surface area contributed by atoms with Crippen LogP contribution in [0.4, 0.5) is 8.78 Å². The fraction of sp³-hybridized carbons (Fsp3) is 0. The summed E-state index contributed by atoms with van der Waals surface area (Å²) < 4.78 is 32.0. The minimum Gasteiger partial charge on any atom is -0.475 e. The van der Waals surface area contributed by atoms with Crippen LogP contribution < -0.4 is 5.63 Å². The first-order valence-corrected chi connectivity index (χ1v) is 6.23. The minimum atomic E-state index is -1.51. The van der Waals surface area contributed by atoms with Crippen LogP contribution in [0, 0.1) is 11.6 Å². The Morgan fingerprint density at radius 3 is 2.36 bits per heavy atom. The number of rotatable bonds is 2. The molecule has 0 amide bonds. The van der Waals surface area contributed by atoms with E-state index in [-0.39, 0.29) is 21.9 Å². The number of hydrogen-bond acceptors (Lipinski definition) is 3. The van der Waals surface area contributed by atoms with E-state index in [9.17, 15) is 23.5 Å². The van der Waals surface area contributed by atoms with Crippen LogP contribution in [-0.4, -0.2) is 11.1 Å². The molecule has 0 aliphatic heterocycles. The highest BCUT2D eigenvalue weighted by molar-refractivity contribution is 6.05. The Morgan fingerprint density at radius 1 is 1.05 bits per heavy atom. The summed E-state index contributed by atoms with van der Waals surface area (Å²) >= 11 is 0. The second-order valence-electron chi connectivity index (χ2n) is 4.57. The van der Waals surface area contributed by atoms with Gasteiger partial charge in [0.25, 0.3) is 0 Å². The molecular weight excluding hydrogens is 294 g/mol. The Kier molecular flexibility index (Phi) is 3.21. The fourth-order valence-corrected chi connectivity index (χ4v) is 2.30. The zero-order chi connectivity index (χ0) is 15.9. The average molecular weight is 302 g/mol. The lowest BCUT2D eigenvalue weighted by Gasteiger charge is -2.10. The van der Waals surface area contributed by atoms with Crippen LogP contribution in [0.5, 0.6) is 0 Å². The van der Waals surface area contributed by atoms with Crippen LogP contribution in [0.25, 0.3) is 21.9 Å². The molecule has 1 heterocycles. The number of carbonyl (C=O) groups is 1. The van der Waals surface area contributed by atoms with Crippen molar-refractivity contribution in [2.45, 2.75) is 0 Å². The molecule has 4 nitrogen and oxygen atoms in total. The maximum atomic E-state index is 14.2. The number of aromatic carboxylic acids is 1. The van der Waals surface area contributed by atoms with Crippen LogP contribution in [0.1, 0.15) is 10.6 Å². The van der Waals surface area contributed by atoms with E-state index in [1.807, 2.05) is 0 Å². The maximum absolute atomic E-state index is 14.2. The molecule has 1 N–H and O–H groups in total. The van der Waals surface area contributed by atoms with Crippen molar-refractivity contribution in [2.75, 3.05) is 0 Å². The second-order valence-corrected chi connectivity index (χ2v) is 4.57. The van der Waals surface area contributed by atoms with Gasteiger partial charge in [-0.15, -0.1) is 0 Å². The first-order valence-electron chi connectivity index (χ1n) is 6.23. The van der Waals surface area contributed by atoms with Crippen molar-refractivity contribution in [3.8, 4) is 11.1 Å². The Labute approximate surface area is 122 Å². The monoisotopic (exact) mass is 302 g/mol. The number of benzene rings is 2. The summed E-state index contributed by atoms with van der Waals surface area (Å²) in [5.41, 5.74) is -0.810. The summed E-state index contributed by atoms with van der Waals surface area (Å²) in [5, 5.41) is 8.98.